The van der Waals surface area contributed by atoms with Crippen LogP contribution in [-0.2, 0) is 13.0 Å². The second-order valence-corrected chi connectivity index (χ2v) is 5.18. The second kappa shape index (κ2) is 4.92. The van der Waals surface area contributed by atoms with Gasteiger partial charge in [-0.1, -0.05) is 18.2 Å². The van der Waals surface area contributed by atoms with Gasteiger partial charge in [-0.15, -0.1) is 0 Å². The number of anilines is 2. The van der Waals surface area contributed by atoms with Gasteiger partial charge in [-0.2, -0.15) is 0 Å². The SMILES string of the molecule is CC1CCc2ccccc2N1Cc1ncccc1N. The van der Waals surface area contributed by atoms with Gasteiger partial charge in [0, 0.05) is 17.9 Å². The molecule has 0 fully saturated rings. The van der Waals surface area contributed by atoms with Crippen LogP contribution in [0.2, 0.25) is 0 Å². The highest BCUT2D eigenvalue weighted by molar-refractivity contribution is 5.57. The maximum atomic E-state index is 6.01. The minimum atomic E-state index is 0.524. The summed E-state index contributed by atoms with van der Waals surface area (Å²) in [6.07, 6.45) is 4.15. The molecular weight excluding hydrogens is 234 g/mol. The molecule has 0 saturated carbocycles. The molecule has 1 aromatic heterocycles. The Kier molecular flexibility index (Phi) is 3.11. The molecule has 3 rings (SSSR count). The van der Waals surface area contributed by atoms with E-state index >= 15 is 0 Å². The van der Waals surface area contributed by atoms with E-state index < -0.39 is 0 Å². The van der Waals surface area contributed by atoms with Crippen LogP contribution in [0.4, 0.5) is 11.4 Å². The highest BCUT2D eigenvalue weighted by Gasteiger charge is 2.23. The zero-order valence-electron chi connectivity index (χ0n) is 11.2. The lowest BCUT2D eigenvalue weighted by Crippen LogP contribution is -2.37. The predicted octanol–water partition coefficient (Wildman–Crippen LogP) is 3.01. The zero-order chi connectivity index (χ0) is 13.2. The van der Waals surface area contributed by atoms with Crippen molar-refractivity contribution in [2.75, 3.05) is 10.6 Å². The van der Waals surface area contributed by atoms with E-state index in [2.05, 4.69) is 41.1 Å². The first-order valence-electron chi connectivity index (χ1n) is 6.79. The van der Waals surface area contributed by atoms with E-state index in [1.807, 2.05) is 18.3 Å². The molecular formula is C16H19N3. The number of nitrogen functional groups attached to an aromatic ring is 1. The molecule has 1 atom stereocenters. The molecule has 2 heterocycles. The largest absolute Gasteiger partial charge is 0.397 e. The Morgan fingerprint density at radius 3 is 2.95 bits per heavy atom. The Labute approximate surface area is 114 Å². The van der Waals surface area contributed by atoms with E-state index in [1.54, 1.807) is 0 Å². The van der Waals surface area contributed by atoms with Crippen molar-refractivity contribution in [2.45, 2.75) is 32.4 Å². The lowest BCUT2D eigenvalue weighted by atomic mass is 9.96. The van der Waals surface area contributed by atoms with Gasteiger partial charge in [0.1, 0.15) is 0 Å². The van der Waals surface area contributed by atoms with Crippen molar-refractivity contribution in [2.24, 2.45) is 0 Å². The van der Waals surface area contributed by atoms with E-state index in [1.165, 1.54) is 17.7 Å². The highest BCUT2D eigenvalue weighted by Crippen LogP contribution is 2.31. The number of nitrogens with two attached hydrogens (primary N) is 1. The van der Waals surface area contributed by atoms with Gasteiger partial charge in [-0.05, 0) is 43.5 Å². The monoisotopic (exact) mass is 253 g/mol. The van der Waals surface area contributed by atoms with E-state index in [0.29, 0.717) is 6.04 Å². The lowest BCUT2D eigenvalue weighted by Gasteiger charge is -2.37. The molecule has 0 amide bonds. The van der Waals surface area contributed by atoms with Gasteiger partial charge >= 0.3 is 0 Å². The number of rotatable bonds is 2. The molecule has 3 heteroatoms. The van der Waals surface area contributed by atoms with Crippen molar-refractivity contribution >= 4 is 11.4 Å². The van der Waals surface area contributed by atoms with Crippen molar-refractivity contribution < 1.29 is 0 Å². The molecule has 1 aliphatic rings. The van der Waals surface area contributed by atoms with Gasteiger partial charge in [0.2, 0.25) is 0 Å². The Morgan fingerprint density at radius 1 is 1.26 bits per heavy atom. The fourth-order valence-corrected chi connectivity index (χ4v) is 2.74. The molecule has 0 saturated heterocycles. The Morgan fingerprint density at radius 2 is 2.11 bits per heavy atom. The van der Waals surface area contributed by atoms with Crippen LogP contribution in [0.15, 0.2) is 42.6 Å². The van der Waals surface area contributed by atoms with Crippen molar-refractivity contribution in [3.05, 3.63) is 53.9 Å². The maximum Gasteiger partial charge on any atom is 0.0825 e. The molecule has 0 bridgehead atoms. The van der Waals surface area contributed by atoms with E-state index in [4.69, 9.17) is 5.73 Å². The summed E-state index contributed by atoms with van der Waals surface area (Å²) in [5.74, 6) is 0. The van der Waals surface area contributed by atoms with Crippen LogP contribution in [-0.4, -0.2) is 11.0 Å². The molecule has 2 N–H and O–H groups in total. The first-order valence-corrected chi connectivity index (χ1v) is 6.79. The molecule has 1 aliphatic heterocycles. The number of benzene rings is 1. The van der Waals surface area contributed by atoms with Crippen LogP contribution in [0.25, 0.3) is 0 Å². The van der Waals surface area contributed by atoms with Crippen LogP contribution >= 0.6 is 0 Å². The molecule has 0 spiro atoms. The average Bonchev–Trinajstić information content (AvgIpc) is 2.44. The van der Waals surface area contributed by atoms with Gasteiger partial charge in [0.15, 0.2) is 0 Å². The average molecular weight is 253 g/mol. The smallest absolute Gasteiger partial charge is 0.0825 e. The van der Waals surface area contributed by atoms with Crippen molar-refractivity contribution in [1.82, 2.24) is 4.98 Å². The second-order valence-electron chi connectivity index (χ2n) is 5.18. The van der Waals surface area contributed by atoms with Crippen LogP contribution in [0, 0.1) is 0 Å². The van der Waals surface area contributed by atoms with Crippen LogP contribution in [0.5, 0.6) is 0 Å². The summed E-state index contributed by atoms with van der Waals surface area (Å²) in [4.78, 5) is 6.83. The first-order chi connectivity index (χ1) is 9.25. The lowest BCUT2D eigenvalue weighted by molar-refractivity contribution is 0.557. The van der Waals surface area contributed by atoms with Gasteiger partial charge in [-0.25, -0.2) is 0 Å². The first kappa shape index (κ1) is 12.0. The molecule has 1 unspecified atom stereocenters. The molecule has 19 heavy (non-hydrogen) atoms. The van der Waals surface area contributed by atoms with Crippen molar-refractivity contribution in [3.8, 4) is 0 Å². The Bertz CT molecular complexity index is 580. The number of fused-ring (bicyclic) bond motifs is 1. The fraction of sp³-hybridized carbons (Fsp3) is 0.312. The zero-order valence-corrected chi connectivity index (χ0v) is 11.2. The summed E-state index contributed by atoms with van der Waals surface area (Å²) in [6, 6.07) is 13.0. The number of para-hydroxylation sites is 1. The third kappa shape index (κ3) is 2.28. The number of nitrogens with zero attached hydrogens (tertiary/aromatic N) is 2. The normalized spacial score (nSPS) is 18.2. The molecule has 1 aromatic carbocycles. The minimum absolute atomic E-state index is 0.524. The summed E-state index contributed by atoms with van der Waals surface area (Å²) >= 11 is 0. The molecule has 3 nitrogen and oxygen atoms in total. The van der Waals surface area contributed by atoms with Gasteiger partial charge < -0.3 is 10.6 Å². The number of hydrogen-bond acceptors (Lipinski definition) is 3. The Balaban J connectivity index is 1.94. The molecule has 98 valence electrons. The third-order valence-corrected chi connectivity index (χ3v) is 3.91. The fourth-order valence-electron chi connectivity index (χ4n) is 2.74. The van der Waals surface area contributed by atoms with E-state index in [0.717, 1.165) is 24.3 Å². The third-order valence-electron chi connectivity index (χ3n) is 3.91. The van der Waals surface area contributed by atoms with Gasteiger partial charge in [0.05, 0.1) is 17.9 Å². The maximum absolute atomic E-state index is 6.01. The number of aryl methyl sites for hydroxylation is 1. The summed E-state index contributed by atoms with van der Waals surface area (Å²) in [5, 5.41) is 0. The quantitative estimate of drug-likeness (QED) is 0.894. The van der Waals surface area contributed by atoms with E-state index in [9.17, 15) is 0 Å². The van der Waals surface area contributed by atoms with Crippen molar-refractivity contribution in [3.63, 3.8) is 0 Å². The van der Waals surface area contributed by atoms with Gasteiger partial charge in [0.25, 0.3) is 0 Å². The summed E-state index contributed by atoms with van der Waals surface area (Å²) in [5.41, 5.74) is 10.5. The predicted molar refractivity (Wildman–Crippen MR) is 79.1 cm³/mol. The van der Waals surface area contributed by atoms with Crippen LogP contribution < -0.4 is 10.6 Å². The summed E-state index contributed by atoms with van der Waals surface area (Å²) in [6.45, 7) is 3.06. The summed E-state index contributed by atoms with van der Waals surface area (Å²) in [7, 11) is 0. The molecule has 0 radical (unpaired) electrons. The topological polar surface area (TPSA) is 42.2 Å². The number of hydrogen-bond donors (Lipinski definition) is 1. The van der Waals surface area contributed by atoms with Gasteiger partial charge in [-0.3, -0.25) is 4.98 Å². The van der Waals surface area contributed by atoms with E-state index in [-0.39, 0.29) is 0 Å². The molecule has 0 aliphatic carbocycles. The molecule has 2 aromatic rings. The summed E-state index contributed by atoms with van der Waals surface area (Å²) < 4.78 is 0. The van der Waals surface area contributed by atoms with Crippen LogP contribution in [0.3, 0.4) is 0 Å². The van der Waals surface area contributed by atoms with Crippen molar-refractivity contribution in [1.29, 1.82) is 0 Å². The minimum Gasteiger partial charge on any atom is -0.397 e. The standard InChI is InChI=1S/C16H19N3/c1-12-8-9-13-5-2-3-7-16(13)19(12)11-15-14(17)6-4-10-18-15/h2-7,10,12H,8-9,11,17H2,1H3. The van der Waals surface area contributed by atoms with Crippen LogP contribution in [0.1, 0.15) is 24.6 Å². The highest BCUT2D eigenvalue weighted by atomic mass is 15.2. The number of aromatic nitrogens is 1. The number of pyridine rings is 1. The Hall–Kier alpha value is -2.03.